The fourth-order valence-electron chi connectivity index (χ4n) is 2.25. The van der Waals surface area contributed by atoms with Crippen LogP contribution in [0.25, 0.3) is 0 Å². The SMILES string of the molecule is CCNCCNC(=O)C1CC(=O)Nc2cc(F)ccc21.Cl. The Morgan fingerprint density at radius 1 is 1.43 bits per heavy atom. The highest BCUT2D eigenvalue weighted by Crippen LogP contribution is 2.32. The molecule has 7 heteroatoms. The molecule has 1 atom stereocenters. The van der Waals surface area contributed by atoms with E-state index in [1.54, 1.807) is 6.07 Å². The average Bonchev–Trinajstić information content (AvgIpc) is 2.42. The monoisotopic (exact) mass is 315 g/mol. The fraction of sp³-hybridized carbons (Fsp3) is 0.429. The smallest absolute Gasteiger partial charge is 0.228 e. The van der Waals surface area contributed by atoms with Crippen molar-refractivity contribution in [3.63, 3.8) is 0 Å². The Hall–Kier alpha value is -1.66. The lowest BCUT2D eigenvalue weighted by molar-refractivity contribution is -0.126. The summed E-state index contributed by atoms with van der Waals surface area (Å²) >= 11 is 0. The van der Waals surface area contributed by atoms with Crippen molar-refractivity contribution in [2.75, 3.05) is 25.0 Å². The Morgan fingerprint density at radius 3 is 2.90 bits per heavy atom. The minimum atomic E-state index is -0.555. The van der Waals surface area contributed by atoms with Gasteiger partial charge in [0.1, 0.15) is 5.82 Å². The van der Waals surface area contributed by atoms with Crippen LogP contribution in [-0.4, -0.2) is 31.4 Å². The Balaban J connectivity index is 0.00000220. The molecule has 1 aliphatic heterocycles. The highest BCUT2D eigenvalue weighted by Gasteiger charge is 2.30. The Morgan fingerprint density at radius 2 is 2.19 bits per heavy atom. The van der Waals surface area contributed by atoms with Crippen LogP contribution in [0.5, 0.6) is 0 Å². The lowest BCUT2D eigenvalue weighted by atomic mass is 9.89. The molecular weight excluding hydrogens is 297 g/mol. The van der Waals surface area contributed by atoms with Gasteiger partial charge in [0.15, 0.2) is 0 Å². The van der Waals surface area contributed by atoms with E-state index in [0.717, 1.165) is 6.54 Å². The fourth-order valence-corrected chi connectivity index (χ4v) is 2.25. The molecule has 3 N–H and O–H groups in total. The molecule has 0 aliphatic carbocycles. The van der Waals surface area contributed by atoms with E-state index >= 15 is 0 Å². The number of carbonyl (C=O) groups is 2. The van der Waals surface area contributed by atoms with Crippen LogP contribution < -0.4 is 16.0 Å². The largest absolute Gasteiger partial charge is 0.354 e. The van der Waals surface area contributed by atoms with E-state index in [2.05, 4.69) is 16.0 Å². The van der Waals surface area contributed by atoms with Crippen LogP contribution in [0.4, 0.5) is 10.1 Å². The normalized spacial score (nSPS) is 16.5. The molecule has 0 fully saturated rings. The number of hydrogen-bond acceptors (Lipinski definition) is 3. The molecule has 21 heavy (non-hydrogen) atoms. The highest BCUT2D eigenvalue weighted by atomic mass is 35.5. The number of fused-ring (bicyclic) bond motifs is 1. The van der Waals surface area contributed by atoms with Crippen LogP contribution in [0.1, 0.15) is 24.8 Å². The molecule has 0 aromatic heterocycles. The van der Waals surface area contributed by atoms with Crippen LogP contribution in [-0.2, 0) is 9.59 Å². The highest BCUT2D eigenvalue weighted by molar-refractivity contribution is 6.01. The number of likely N-dealkylation sites (N-methyl/N-ethyl adjacent to an activating group) is 1. The van der Waals surface area contributed by atoms with Crippen LogP contribution in [0, 0.1) is 5.82 Å². The second kappa shape index (κ2) is 7.95. The van der Waals surface area contributed by atoms with Crippen molar-refractivity contribution in [1.29, 1.82) is 0 Å². The zero-order chi connectivity index (χ0) is 14.5. The molecule has 0 saturated heterocycles. The van der Waals surface area contributed by atoms with Gasteiger partial charge >= 0.3 is 0 Å². The Kier molecular flexibility index (Phi) is 6.58. The zero-order valence-corrected chi connectivity index (χ0v) is 12.6. The summed E-state index contributed by atoms with van der Waals surface area (Å²) in [6, 6.07) is 4.10. The first-order chi connectivity index (χ1) is 9.61. The zero-order valence-electron chi connectivity index (χ0n) is 11.7. The molecule has 1 heterocycles. The first kappa shape index (κ1) is 17.4. The Bertz CT molecular complexity index is 525. The molecule has 0 saturated carbocycles. The van der Waals surface area contributed by atoms with Gasteiger partial charge in [0.25, 0.3) is 0 Å². The molecule has 1 aliphatic rings. The van der Waals surface area contributed by atoms with E-state index in [-0.39, 0.29) is 30.6 Å². The summed E-state index contributed by atoms with van der Waals surface area (Å²) in [4.78, 5) is 23.7. The molecule has 1 aromatic carbocycles. The summed E-state index contributed by atoms with van der Waals surface area (Å²) in [5, 5.41) is 8.48. The first-order valence-corrected chi connectivity index (χ1v) is 6.69. The number of hydrogen-bond donors (Lipinski definition) is 3. The number of nitrogens with one attached hydrogen (secondary N) is 3. The molecule has 5 nitrogen and oxygen atoms in total. The topological polar surface area (TPSA) is 70.2 Å². The molecule has 0 spiro atoms. The third-order valence-electron chi connectivity index (χ3n) is 3.22. The predicted molar refractivity (Wildman–Crippen MR) is 81.2 cm³/mol. The van der Waals surface area contributed by atoms with Crippen LogP contribution in [0.2, 0.25) is 0 Å². The molecule has 2 amide bonds. The van der Waals surface area contributed by atoms with E-state index in [1.165, 1.54) is 12.1 Å². The van der Waals surface area contributed by atoms with Gasteiger partial charge in [-0.3, -0.25) is 9.59 Å². The van der Waals surface area contributed by atoms with Crippen LogP contribution in [0.3, 0.4) is 0 Å². The van der Waals surface area contributed by atoms with E-state index in [1.807, 2.05) is 6.92 Å². The second-order valence-corrected chi connectivity index (χ2v) is 4.68. The quantitative estimate of drug-likeness (QED) is 0.719. The summed E-state index contributed by atoms with van der Waals surface area (Å²) in [6.45, 7) is 4.00. The number of benzene rings is 1. The average molecular weight is 316 g/mol. The summed E-state index contributed by atoms with van der Waals surface area (Å²) in [5.41, 5.74) is 1.04. The van der Waals surface area contributed by atoms with Gasteiger partial charge in [-0.05, 0) is 24.2 Å². The van der Waals surface area contributed by atoms with Crippen molar-refractivity contribution in [2.45, 2.75) is 19.3 Å². The minimum Gasteiger partial charge on any atom is -0.354 e. The summed E-state index contributed by atoms with van der Waals surface area (Å²) in [5.74, 6) is -1.46. The number of halogens is 2. The molecule has 116 valence electrons. The third kappa shape index (κ3) is 4.41. The maximum atomic E-state index is 13.2. The molecule has 1 unspecified atom stereocenters. The van der Waals surface area contributed by atoms with Crippen LogP contribution >= 0.6 is 12.4 Å². The van der Waals surface area contributed by atoms with E-state index in [9.17, 15) is 14.0 Å². The molecule has 0 radical (unpaired) electrons. The van der Waals surface area contributed by atoms with Crippen molar-refractivity contribution in [3.05, 3.63) is 29.6 Å². The lowest BCUT2D eigenvalue weighted by Crippen LogP contribution is -2.38. The number of carbonyl (C=O) groups excluding carboxylic acids is 2. The molecule has 0 bridgehead atoms. The van der Waals surface area contributed by atoms with E-state index in [4.69, 9.17) is 0 Å². The van der Waals surface area contributed by atoms with Gasteiger partial charge < -0.3 is 16.0 Å². The minimum absolute atomic E-state index is 0. The predicted octanol–water partition coefficient (Wildman–Crippen LogP) is 1.40. The number of rotatable bonds is 5. The van der Waals surface area contributed by atoms with Gasteiger partial charge in [-0.15, -0.1) is 12.4 Å². The van der Waals surface area contributed by atoms with Crippen molar-refractivity contribution in [2.24, 2.45) is 0 Å². The third-order valence-corrected chi connectivity index (χ3v) is 3.22. The van der Waals surface area contributed by atoms with Crippen molar-refractivity contribution < 1.29 is 14.0 Å². The van der Waals surface area contributed by atoms with E-state index < -0.39 is 11.7 Å². The van der Waals surface area contributed by atoms with Gasteiger partial charge in [0, 0.05) is 25.2 Å². The molecular formula is C14H19ClFN3O2. The van der Waals surface area contributed by atoms with Gasteiger partial charge in [-0.1, -0.05) is 13.0 Å². The number of anilines is 1. The van der Waals surface area contributed by atoms with Crippen molar-refractivity contribution >= 4 is 29.9 Å². The van der Waals surface area contributed by atoms with E-state index in [0.29, 0.717) is 24.3 Å². The number of amides is 2. The summed E-state index contributed by atoms with van der Waals surface area (Å²) in [6.07, 6.45) is 0.0890. The van der Waals surface area contributed by atoms with Gasteiger partial charge in [-0.2, -0.15) is 0 Å². The second-order valence-electron chi connectivity index (χ2n) is 4.68. The summed E-state index contributed by atoms with van der Waals surface area (Å²) < 4.78 is 13.2. The van der Waals surface area contributed by atoms with Crippen molar-refractivity contribution in [1.82, 2.24) is 10.6 Å². The Labute approximate surface area is 129 Å². The first-order valence-electron chi connectivity index (χ1n) is 6.69. The van der Waals surface area contributed by atoms with Gasteiger partial charge in [0.05, 0.1) is 5.92 Å². The molecule has 1 aromatic rings. The van der Waals surface area contributed by atoms with Crippen LogP contribution in [0.15, 0.2) is 18.2 Å². The van der Waals surface area contributed by atoms with Crippen molar-refractivity contribution in [3.8, 4) is 0 Å². The van der Waals surface area contributed by atoms with Gasteiger partial charge in [-0.25, -0.2) is 4.39 Å². The standard InChI is InChI=1S/C14H18FN3O2.ClH/c1-2-16-5-6-17-14(20)11-8-13(19)18-12-7-9(15)3-4-10(11)12;/h3-4,7,11,16H,2,5-6,8H2,1H3,(H,17,20)(H,18,19);1H. The molecule has 2 rings (SSSR count). The lowest BCUT2D eigenvalue weighted by Gasteiger charge is -2.24. The maximum Gasteiger partial charge on any atom is 0.228 e. The van der Waals surface area contributed by atoms with Gasteiger partial charge in [0.2, 0.25) is 11.8 Å². The maximum absolute atomic E-state index is 13.2. The summed E-state index contributed by atoms with van der Waals surface area (Å²) in [7, 11) is 0.